The Labute approximate surface area is 141 Å². The van der Waals surface area contributed by atoms with Crippen LogP contribution in [-0.2, 0) is 13.0 Å². The number of rotatable bonds is 4. The van der Waals surface area contributed by atoms with Crippen molar-refractivity contribution in [2.45, 2.75) is 19.3 Å². The summed E-state index contributed by atoms with van der Waals surface area (Å²) >= 11 is 0. The van der Waals surface area contributed by atoms with Crippen LogP contribution >= 0.6 is 0 Å². The molecular weight excluding hydrogens is 333 g/mol. The summed E-state index contributed by atoms with van der Waals surface area (Å²) in [6.45, 7) is 0.295. The fourth-order valence-corrected chi connectivity index (χ4v) is 2.71. The number of halogens is 3. The van der Waals surface area contributed by atoms with Gasteiger partial charge in [0.25, 0.3) is 5.56 Å². The molecular formula is C18H15F3N2O2. The van der Waals surface area contributed by atoms with E-state index >= 15 is 0 Å². The molecule has 0 aliphatic rings. The van der Waals surface area contributed by atoms with E-state index in [1.54, 1.807) is 12.1 Å². The van der Waals surface area contributed by atoms with Gasteiger partial charge >= 0.3 is 6.36 Å². The number of hydrogen-bond donors (Lipinski definition) is 2. The van der Waals surface area contributed by atoms with Crippen LogP contribution in [0.25, 0.3) is 10.9 Å². The van der Waals surface area contributed by atoms with Gasteiger partial charge in [-0.25, -0.2) is 0 Å². The summed E-state index contributed by atoms with van der Waals surface area (Å²) < 4.78 is 40.9. The molecule has 0 fully saturated rings. The van der Waals surface area contributed by atoms with Crippen molar-refractivity contribution in [3.05, 3.63) is 75.6 Å². The van der Waals surface area contributed by atoms with Crippen molar-refractivity contribution in [1.82, 2.24) is 4.98 Å². The molecule has 0 saturated heterocycles. The number of fused-ring (bicyclic) bond motifs is 1. The van der Waals surface area contributed by atoms with Gasteiger partial charge in [0.2, 0.25) is 0 Å². The van der Waals surface area contributed by atoms with E-state index in [0.717, 1.165) is 10.9 Å². The number of alkyl halides is 3. The van der Waals surface area contributed by atoms with E-state index in [2.05, 4.69) is 9.72 Å². The smallest absolute Gasteiger partial charge is 0.406 e. The number of ether oxygens (including phenoxy) is 1. The summed E-state index contributed by atoms with van der Waals surface area (Å²) in [5, 5.41) is 0.820. The largest absolute Gasteiger partial charge is 0.573 e. The van der Waals surface area contributed by atoms with Gasteiger partial charge in [0.05, 0.1) is 5.52 Å². The van der Waals surface area contributed by atoms with Crippen molar-refractivity contribution >= 4 is 10.9 Å². The average molecular weight is 348 g/mol. The first-order chi connectivity index (χ1) is 11.9. The number of hydrogen-bond acceptors (Lipinski definition) is 3. The van der Waals surface area contributed by atoms with Crippen LogP contribution in [0.3, 0.4) is 0 Å². The zero-order valence-corrected chi connectivity index (χ0v) is 13.1. The topological polar surface area (TPSA) is 68.1 Å². The van der Waals surface area contributed by atoms with Crippen LogP contribution in [0.15, 0.2) is 53.3 Å². The minimum Gasteiger partial charge on any atom is -0.406 e. The first-order valence-corrected chi connectivity index (χ1v) is 7.54. The predicted octanol–water partition coefficient (Wildman–Crippen LogP) is 3.48. The van der Waals surface area contributed by atoms with Crippen LogP contribution < -0.4 is 16.0 Å². The molecule has 0 unspecified atom stereocenters. The van der Waals surface area contributed by atoms with Gasteiger partial charge < -0.3 is 15.5 Å². The Kier molecular flexibility index (Phi) is 4.50. The molecule has 7 heteroatoms. The molecule has 130 valence electrons. The third-order valence-corrected chi connectivity index (χ3v) is 3.79. The predicted molar refractivity (Wildman–Crippen MR) is 88.4 cm³/mol. The number of nitrogens with two attached hydrogens (primary N) is 1. The standard InChI is InChI=1S/C18H15F3N2O2/c19-18(20,21)25-15-6-1-3-11(8-15)7-14-9-12-4-2-5-13(10-22)16(12)23-17(14)24/h1-6,8-9H,7,10,22H2,(H,23,24). The highest BCUT2D eigenvalue weighted by Crippen LogP contribution is 2.24. The molecule has 0 spiro atoms. The molecule has 0 aliphatic heterocycles. The summed E-state index contributed by atoms with van der Waals surface area (Å²) in [6.07, 6.45) is -4.56. The molecule has 1 heterocycles. The van der Waals surface area contributed by atoms with Gasteiger partial charge in [-0.1, -0.05) is 30.3 Å². The third kappa shape index (κ3) is 4.00. The summed E-state index contributed by atoms with van der Waals surface area (Å²) in [7, 11) is 0. The molecule has 0 atom stereocenters. The average Bonchev–Trinajstić information content (AvgIpc) is 2.54. The summed E-state index contributed by atoms with van der Waals surface area (Å²) in [4.78, 5) is 15.1. The van der Waals surface area contributed by atoms with Crippen molar-refractivity contribution in [3.63, 3.8) is 0 Å². The van der Waals surface area contributed by atoms with Gasteiger partial charge in [-0.15, -0.1) is 13.2 Å². The maximum atomic E-state index is 12.3. The molecule has 25 heavy (non-hydrogen) atoms. The zero-order chi connectivity index (χ0) is 18.0. The van der Waals surface area contributed by atoms with Crippen LogP contribution in [0.5, 0.6) is 5.75 Å². The van der Waals surface area contributed by atoms with Crippen molar-refractivity contribution < 1.29 is 17.9 Å². The number of nitrogens with one attached hydrogen (secondary N) is 1. The number of para-hydroxylation sites is 1. The van der Waals surface area contributed by atoms with E-state index in [9.17, 15) is 18.0 Å². The van der Waals surface area contributed by atoms with Crippen molar-refractivity contribution in [2.75, 3.05) is 0 Å². The maximum Gasteiger partial charge on any atom is 0.573 e. The van der Waals surface area contributed by atoms with Gasteiger partial charge in [0.1, 0.15) is 5.75 Å². The molecule has 1 aromatic heterocycles. The molecule has 0 bridgehead atoms. The molecule has 4 nitrogen and oxygen atoms in total. The van der Waals surface area contributed by atoms with Gasteiger partial charge in [0, 0.05) is 18.5 Å². The minimum absolute atomic E-state index is 0.188. The highest BCUT2D eigenvalue weighted by molar-refractivity contribution is 5.82. The lowest BCUT2D eigenvalue weighted by atomic mass is 10.0. The van der Waals surface area contributed by atoms with Crippen LogP contribution in [0, 0.1) is 0 Å². The Hall–Kier alpha value is -2.80. The quantitative estimate of drug-likeness (QED) is 0.759. The first kappa shape index (κ1) is 17.0. The number of benzene rings is 2. The van der Waals surface area contributed by atoms with Crippen LogP contribution in [0.1, 0.15) is 16.7 Å². The van der Waals surface area contributed by atoms with Crippen LogP contribution in [-0.4, -0.2) is 11.3 Å². The highest BCUT2D eigenvalue weighted by Gasteiger charge is 2.31. The fourth-order valence-electron chi connectivity index (χ4n) is 2.71. The lowest BCUT2D eigenvalue weighted by molar-refractivity contribution is -0.274. The van der Waals surface area contributed by atoms with Gasteiger partial charge in [-0.3, -0.25) is 4.79 Å². The molecule has 0 saturated carbocycles. The maximum absolute atomic E-state index is 12.3. The molecule has 3 rings (SSSR count). The van der Waals surface area contributed by atoms with E-state index in [0.29, 0.717) is 23.2 Å². The lowest BCUT2D eigenvalue weighted by Crippen LogP contribution is -2.17. The highest BCUT2D eigenvalue weighted by atomic mass is 19.4. The molecule has 0 aliphatic carbocycles. The SMILES string of the molecule is NCc1cccc2cc(Cc3cccc(OC(F)(F)F)c3)c(=O)[nH]c12. The van der Waals surface area contributed by atoms with E-state index in [-0.39, 0.29) is 17.7 Å². The molecule has 3 aromatic rings. The fraction of sp³-hybridized carbons (Fsp3) is 0.167. The zero-order valence-electron chi connectivity index (χ0n) is 13.1. The van der Waals surface area contributed by atoms with Crippen LogP contribution in [0.2, 0.25) is 0 Å². The Balaban J connectivity index is 1.94. The number of aromatic nitrogens is 1. The molecule has 3 N–H and O–H groups in total. The van der Waals surface area contributed by atoms with Gasteiger partial charge in [0.15, 0.2) is 0 Å². The van der Waals surface area contributed by atoms with Crippen molar-refractivity contribution in [3.8, 4) is 5.75 Å². The Bertz CT molecular complexity index is 964. The first-order valence-electron chi connectivity index (χ1n) is 7.54. The third-order valence-electron chi connectivity index (χ3n) is 3.79. The monoisotopic (exact) mass is 348 g/mol. The van der Waals surface area contributed by atoms with Crippen LogP contribution in [0.4, 0.5) is 13.2 Å². The normalized spacial score (nSPS) is 11.7. The Morgan fingerprint density at radius 2 is 1.80 bits per heavy atom. The second-order valence-corrected chi connectivity index (χ2v) is 5.58. The number of H-pyrrole nitrogens is 1. The summed E-state index contributed by atoms with van der Waals surface area (Å²) in [6, 6.07) is 12.8. The second-order valence-electron chi connectivity index (χ2n) is 5.58. The number of aromatic amines is 1. The van der Waals surface area contributed by atoms with Gasteiger partial charge in [-0.05, 0) is 34.7 Å². The van der Waals surface area contributed by atoms with E-state index in [1.807, 2.05) is 18.2 Å². The van der Waals surface area contributed by atoms with E-state index < -0.39 is 6.36 Å². The summed E-state index contributed by atoms with van der Waals surface area (Å²) in [5.41, 5.74) is 7.86. The molecule has 0 radical (unpaired) electrons. The molecule has 2 aromatic carbocycles. The number of pyridine rings is 1. The minimum atomic E-state index is -4.75. The van der Waals surface area contributed by atoms with Crippen molar-refractivity contribution in [2.24, 2.45) is 5.73 Å². The van der Waals surface area contributed by atoms with E-state index in [4.69, 9.17) is 5.73 Å². The lowest BCUT2D eigenvalue weighted by Gasteiger charge is -2.10. The van der Waals surface area contributed by atoms with Gasteiger partial charge in [-0.2, -0.15) is 0 Å². The summed E-state index contributed by atoms with van der Waals surface area (Å²) in [5.74, 6) is -0.312. The van der Waals surface area contributed by atoms with E-state index in [1.165, 1.54) is 18.2 Å². The molecule has 0 amide bonds. The second kappa shape index (κ2) is 6.60. The Morgan fingerprint density at radius 3 is 2.52 bits per heavy atom. The Morgan fingerprint density at radius 1 is 1.04 bits per heavy atom. The van der Waals surface area contributed by atoms with Crippen molar-refractivity contribution in [1.29, 1.82) is 0 Å².